The van der Waals surface area contributed by atoms with Gasteiger partial charge in [-0.2, -0.15) is 0 Å². The van der Waals surface area contributed by atoms with E-state index in [0.717, 1.165) is 28.9 Å². The fraction of sp³-hybridized carbons (Fsp3) is 0.320. The van der Waals surface area contributed by atoms with Crippen molar-refractivity contribution in [1.82, 2.24) is 14.0 Å². The van der Waals surface area contributed by atoms with Crippen LogP contribution in [-0.4, -0.2) is 53.3 Å². The third-order valence-electron chi connectivity index (χ3n) is 6.47. The summed E-state index contributed by atoms with van der Waals surface area (Å²) in [5.41, 5.74) is 8.19. The van der Waals surface area contributed by atoms with Crippen LogP contribution in [0.4, 0.5) is 11.5 Å². The highest BCUT2D eigenvalue weighted by Crippen LogP contribution is 2.31. The first-order valence-corrected chi connectivity index (χ1v) is 11.1. The Hall–Kier alpha value is -3.85. The maximum Gasteiger partial charge on any atom is 0.337 e. The van der Waals surface area contributed by atoms with E-state index in [9.17, 15) is 14.4 Å². The summed E-state index contributed by atoms with van der Waals surface area (Å²) >= 11 is 0. The fourth-order valence-corrected chi connectivity index (χ4v) is 4.50. The van der Waals surface area contributed by atoms with Gasteiger partial charge in [0.2, 0.25) is 0 Å². The molecule has 1 aromatic heterocycles. The van der Waals surface area contributed by atoms with Crippen molar-refractivity contribution in [3.8, 4) is 0 Å². The summed E-state index contributed by atoms with van der Waals surface area (Å²) in [4.78, 5) is 42.1. The first-order chi connectivity index (χ1) is 16.3. The van der Waals surface area contributed by atoms with Crippen LogP contribution < -0.4 is 21.9 Å². The molecule has 34 heavy (non-hydrogen) atoms. The molecular formula is C25H29N5O4. The largest absolute Gasteiger partial charge is 0.465 e. The van der Waals surface area contributed by atoms with Crippen LogP contribution in [0.15, 0.2) is 64.2 Å². The van der Waals surface area contributed by atoms with E-state index in [1.807, 2.05) is 30.3 Å². The van der Waals surface area contributed by atoms with Crippen molar-refractivity contribution in [3.63, 3.8) is 0 Å². The van der Waals surface area contributed by atoms with Gasteiger partial charge in [-0.3, -0.25) is 18.8 Å². The van der Waals surface area contributed by atoms with Gasteiger partial charge in [0.05, 0.1) is 24.3 Å². The summed E-state index contributed by atoms with van der Waals surface area (Å²) in [6.45, 7) is 2.91. The standard InChI is InChI=1S/C25H29N5O4/c1-27-22(26)20(23(31)28(2)25(27)33)21(17-9-11-18(12-10-17)24(32)34-3)30-15-13-29(14-16-30)19-7-5-4-6-8-19/h4-12,21H,13-16,26H2,1-3H3. The Balaban J connectivity index is 1.75. The number of esters is 1. The monoisotopic (exact) mass is 463 g/mol. The van der Waals surface area contributed by atoms with Crippen molar-refractivity contribution in [2.75, 3.05) is 43.9 Å². The minimum atomic E-state index is -0.477. The summed E-state index contributed by atoms with van der Waals surface area (Å²) < 4.78 is 7.19. The lowest BCUT2D eigenvalue weighted by molar-refractivity contribution is 0.0600. The van der Waals surface area contributed by atoms with Gasteiger partial charge < -0.3 is 15.4 Å². The molecule has 178 valence electrons. The van der Waals surface area contributed by atoms with E-state index in [4.69, 9.17) is 10.5 Å². The molecular weight excluding hydrogens is 434 g/mol. The summed E-state index contributed by atoms with van der Waals surface area (Å²) in [7, 11) is 4.35. The first kappa shape index (κ1) is 23.3. The number of para-hydroxylation sites is 1. The second kappa shape index (κ2) is 9.56. The number of ether oxygens (including phenoxy) is 1. The molecule has 1 atom stereocenters. The number of piperazine rings is 1. The van der Waals surface area contributed by atoms with Gasteiger partial charge >= 0.3 is 11.7 Å². The molecule has 0 saturated carbocycles. The number of anilines is 2. The smallest absolute Gasteiger partial charge is 0.337 e. The van der Waals surface area contributed by atoms with Gasteiger partial charge in [-0.25, -0.2) is 9.59 Å². The predicted octanol–water partition coefficient (Wildman–Crippen LogP) is 1.36. The van der Waals surface area contributed by atoms with Gasteiger partial charge in [-0.05, 0) is 29.8 Å². The number of benzene rings is 2. The molecule has 1 unspecified atom stereocenters. The van der Waals surface area contributed by atoms with Crippen molar-refractivity contribution in [3.05, 3.63) is 92.1 Å². The van der Waals surface area contributed by atoms with Crippen molar-refractivity contribution in [2.24, 2.45) is 14.1 Å². The van der Waals surface area contributed by atoms with Crippen LogP contribution in [0.3, 0.4) is 0 Å². The van der Waals surface area contributed by atoms with Gasteiger partial charge in [0.25, 0.3) is 5.56 Å². The van der Waals surface area contributed by atoms with E-state index in [1.165, 1.54) is 18.7 Å². The van der Waals surface area contributed by atoms with Crippen LogP contribution in [0, 0.1) is 0 Å². The molecule has 2 N–H and O–H groups in total. The highest BCUT2D eigenvalue weighted by molar-refractivity contribution is 5.89. The molecule has 4 rings (SSSR count). The summed E-state index contributed by atoms with van der Waals surface area (Å²) in [5, 5.41) is 0. The van der Waals surface area contributed by atoms with Crippen molar-refractivity contribution >= 4 is 17.5 Å². The average molecular weight is 464 g/mol. The Morgan fingerprint density at radius 3 is 2.12 bits per heavy atom. The zero-order valence-electron chi connectivity index (χ0n) is 19.6. The molecule has 0 aliphatic carbocycles. The van der Waals surface area contributed by atoms with Crippen LogP contribution in [0.2, 0.25) is 0 Å². The Morgan fingerprint density at radius 2 is 1.53 bits per heavy atom. The Morgan fingerprint density at radius 1 is 0.912 bits per heavy atom. The van der Waals surface area contributed by atoms with Crippen LogP contribution >= 0.6 is 0 Å². The number of hydrogen-bond donors (Lipinski definition) is 1. The Kier molecular flexibility index (Phi) is 6.56. The number of methoxy groups -OCH3 is 1. The lowest BCUT2D eigenvalue weighted by Crippen LogP contribution is -2.50. The maximum atomic E-state index is 13.3. The number of aromatic nitrogens is 2. The van der Waals surface area contributed by atoms with Gasteiger partial charge in [-0.15, -0.1) is 0 Å². The predicted molar refractivity (Wildman–Crippen MR) is 131 cm³/mol. The molecule has 1 aliphatic rings. The number of hydrogen-bond acceptors (Lipinski definition) is 7. The molecule has 3 aromatic rings. The lowest BCUT2D eigenvalue weighted by atomic mass is 9.96. The molecule has 1 fully saturated rings. The Bertz CT molecular complexity index is 1290. The minimum absolute atomic E-state index is 0.139. The molecule has 2 heterocycles. The average Bonchev–Trinajstić information content (AvgIpc) is 2.89. The number of nitrogen functional groups attached to an aromatic ring is 1. The second-order valence-corrected chi connectivity index (χ2v) is 8.38. The van der Waals surface area contributed by atoms with Crippen LogP contribution in [-0.2, 0) is 18.8 Å². The number of nitrogens with two attached hydrogens (primary N) is 1. The number of nitrogens with zero attached hydrogens (tertiary/aromatic N) is 4. The zero-order valence-corrected chi connectivity index (χ0v) is 19.6. The van der Waals surface area contributed by atoms with E-state index < -0.39 is 23.3 Å². The maximum absolute atomic E-state index is 13.3. The molecule has 0 spiro atoms. The molecule has 9 nitrogen and oxygen atoms in total. The van der Waals surface area contributed by atoms with Crippen LogP contribution in [0.1, 0.15) is 27.5 Å². The van der Waals surface area contributed by atoms with Gasteiger partial charge in [0.1, 0.15) is 5.82 Å². The normalized spacial score (nSPS) is 15.2. The van der Waals surface area contributed by atoms with Crippen molar-refractivity contribution in [1.29, 1.82) is 0 Å². The van der Waals surface area contributed by atoms with Gasteiger partial charge in [0, 0.05) is 46.0 Å². The van der Waals surface area contributed by atoms with E-state index in [2.05, 4.69) is 21.9 Å². The van der Waals surface area contributed by atoms with Gasteiger partial charge in [0.15, 0.2) is 0 Å². The molecule has 2 aromatic carbocycles. The highest BCUT2D eigenvalue weighted by atomic mass is 16.5. The molecule has 0 bridgehead atoms. The number of carbonyl (C=O) groups excluding carboxylic acids is 1. The summed E-state index contributed by atoms with van der Waals surface area (Å²) in [6.07, 6.45) is 0. The minimum Gasteiger partial charge on any atom is -0.465 e. The quantitative estimate of drug-likeness (QED) is 0.570. The fourth-order valence-electron chi connectivity index (χ4n) is 4.50. The highest BCUT2D eigenvalue weighted by Gasteiger charge is 2.32. The third-order valence-corrected chi connectivity index (χ3v) is 6.47. The van der Waals surface area contributed by atoms with E-state index in [0.29, 0.717) is 24.2 Å². The topological polar surface area (TPSA) is 103 Å². The third kappa shape index (κ3) is 4.22. The van der Waals surface area contributed by atoms with E-state index in [1.54, 1.807) is 19.2 Å². The SMILES string of the molecule is COC(=O)c1ccc(C(c2c(N)n(C)c(=O)n(C)c2=O)N2CCN(c3ccccc3)CC2)cc1. The van der Waals surface area contributed by atoms with Gasteiger partial charge in [-0.1, -0.05) is 30.3 Å². The molecule has 9 heteroatoms. The van der Waals surface area contributed by atoms with Crippen molar-refractivity contribution < 1.29 is 9.53 Å². The van der Waals surface area contributed by atoms with E-state index in [-0.39, 0.29) is 5.82 Å². The number of rotatable bonds is 5. The lowest BCUT2D eigenvalue weighted by Gasteiger charge is -2.40. The summed E-state index contributed by atoms with van der Waals surface area (Å²) in [5.74, 6) is -0.294. The second-order valence-electron chi connectivity index (χ2n) is 8.38. The van der Waals surface area contributed by atoms with Crippen LogP contribution in [0.25, 0.3) is 0 Å². The molecule has 0 radical (unpaired) electrons. The Labute approximate surface area is 197 Å². The molecule has 1 saturated heterocycles. The zero-order chi connectivity index (χ0) is 24.4. The number of carbonyl (C=O) groups is 1. The van der Waals surface area contributed by atoms with Crippen molar-refractivity contribution in [2.45, 2.75) is 6.04 Å². The van der Waals surface area contributed by atoms with Crippen LogP contribution in [0.5, 0.6) is 0 Å². The molecule has 0 amide bonds. The summed E-state index contributed by atoms with van der Waals surface area (Å²) in [6, 6.07) is 16.7. The first-order valence-electron chi connectivity index (χ1n) is 11.1. The van der Waals surface area contributed by atoms with E-state index >= 15 is 0 Å². The molecule has 1 aliphatic heterocycles.